The fourth-order valence-electron chi connectivity index (χ4n) is 4.75. The number of hydrogen-bond acceptors (Lipinski definition) is 3. The van der Waals surface area contributed by atoms with Crippen molar-refractivity contribution in [1.29, 1.82) is 0 Å². The number of amides is 1. The molecule has 3 N–H and O–H groups in total. The monoisotopic (exact) mass is 529 g/mol. The second-order valence-corrected chi connectivity index (χ2v) is 10.8. The van der Waals surface area contributed by atoms with E-state index < -0.39 is 12.0 Å². The van der Waals surface area contributed by atoms with Crippen molar-refractivity contribution in [3.8, 4) is 5.75 Å². The highest BCUT2D eigenvalue weighted by atomic mass is 16.4. The summed E-state index contributed by atoms with van der Waals surface area (Å²) in [5.41, 5.74) is 0.765. The molecule has 0 spiro atoms. The molecule has 0 heterocycles. The number of carboxylic acid groups (broad SMARTS) is 1. The molecule has 1 aromatic carbocycles. The lowest BCUT2D eigenvalue weighted by Crippen LogP contribution is -2.42. The lowest BCUT2D eigenvalue weighted by atomic mass is 10.0. The Kier molecular flexibility index (Phi) is 21.1. The van der Waals surface area contributed by atoms with E-state index in [9.17, 15) is 19.8 Å². The maximum atomic E-state index is 12.2. The van der Waals surface area contributed by atoms with Gasteiger partial charge in [0.1, 0.15) is 11.8 Å². The first kappa shape index (κ1) is 33.7. The molecule has 0 aliphatic heterocycles. The zero-order chi connectivity index (χ0) is 27.7. The van der Waals surface area contributed by atoms with Gasteiger partial charge in [0.05, 0.1) is 0 Å². The van der Waals surface area contributed by atoms with E-state index in [4.69, 9.17) is 0 Å². The van der Waals surface area contributed by atoms with E-state index in [1.165, 1.54) is 115 Å². The van der Waals surface area contributed by atoms with Crippen LogP contribution < -0.4 is 5.32 Å². The van der Waals surface area contributed by atoms with Crippen molar-refractivity contribution in [2.75, 3.05) is 0 Å². The van der Waals surface area contributed by atoms with Crippen LogP contribution in [-0.4, -0.2) is 28.1 Å². The number of hydrogen-bond donors (Lipinski definition) is 3. The first-order chi connectivity index (χ1) is 18.5. The predicted molar refractivity (Wildman–Crippen MR) is 159 cm³/mol. The lowest BCUT2D eigenvalue weighted by Gasteiger charge is -2.14. The van der Waals surface area contributed by atoms with Gasteiger partial charge >= 0.3 is 5.97 Å². The second kappa shape index (κ2) is 23.8. The molecule has 0 saturated heterocycles. The van der Waals surface area contributed by atoms with Gasteiger partial charge in [-0.15, -0.1) is 0 Å². The number of aliphatic carboxylic acids is 1. The second-order valence-electron chi connectivity index (χ2n) is 10.8. The van der Waals surface area contributed by atoms with Crippen LogP contribution in [-0.2, 0) is 16.0 Å². The zero-order valence-corrected chi connectivity index (χ0v) is 24.1. The first-order valence-electron chi connectivity index (χ1n) is 15.5. The Bertz CT molecular complexity index is 744. The highest BCUT2D eigenvalue weighted by molar-refractivity contribution is 5.83. The minimum Gasteiger partial charge on any atom is -0.508 e. The van der Waals surface area contributed by atoms with Crippen molar-refractivity contribution in [2.45, 2.75) is 148 Å². The van der Waals surface area contributed by atoms with Gasteiger partial charge in [-0.25, -0.2) is 4.79 Å². The molecule has 0 bridgehead atoms. The van der Waals surface area contributed by atoms with E-state index in [0.29, 0.717) is 6.42 Å². The molecule has 0 radical (unpaired) electrons. The van der Waals surface area contributed by atoms with Gasteiger partial charge in [0.15, 0.2) is 0 Å². The van der Waals surface area contributed by atoms with Crippen molar-refractivity contribution in [3.05, 3.63) is 42.0 Å². The van der Waals surface area contributed by atoms with Gasteiger partial charge in [-0.3, -0.25) is 4.79 Å². The molecular weight excluding hydrogens is 474 g/mol. The van der Waals surface area contributed by atoms with Crippen LogP contribution in [0.4, 0.5) is 0 Å². The minimum absolute atomic E-state index is 0.136. The average molecular weight is 530 g/mol. The molecule has 1 amide bonds. The van der Waals surface area contributed by atoms with E-state index in [2.05, 4.69) is 24.4 Å². The van der Waals surface area contributed by atoms with Gasteiger partial charge in [0.25, 0.3) is 0 Å². The van der Waals surface area contributed by atoms with Crippen molar-refractivity contribution in [1.82, 2.24) is 5.32 Å². The molecule has 5 nitrogen and oxygen atoms in total. The molecule has 216 valence electrons. The molecule has 5 heteroatoms. The maximum absolute atomic E-state index is 12.2. The fourth-order valence-corrected chi connectivity index (χ4v) is 4.75. The van der Waals surface area contributed by atoms with Gasteiger partial charge < -0.3 is 15.5 Å². The van der Waals surface area contributed by atoms with Crippen LogP contribution in [0.15, 0.2) is 36.4 Å². The highest BCUT2D eigenvalue weighted by Gasteiger charge is 2.20. The van der Waals surface area contributed by atoms with E-state index in [0.717, 1.165) is 24.8 Å². The number of unbranched alkanes of at least 4 members (excludes halogenated alkanes) is 17. The van der Waals surface area contributed by atoms with Crippen molar-refractivity contribution in [3.63, 3.8) is 0 Å². The molecule has 1 atom stereocenters. The first-order valence-corrected chi connectivity index (χ1v) is 15.5. The topological polar surface area (TPSA) is 86.6 Å². The van der Waals surface area contributed by atoms with Gasteiger partial charge in [0, 0.05) is 12.8 Å². The highest BCUT2D eigenvalue weighted by Crippen LogP contribution is 2.14. The fraction of sp³-hybridized carbons (Fsp3) is 0.697. The number of carbonyl (C=O) groups excluding carboxylic acids is 1. The third kappa shape index (κ3) is 19.8. The summed E-state index contributed by atoms with van der Waals surface area (Å²) in [6, 6.07) is 5.45. The number of aromatic hydroxyl groups is 1. The van der Waals surface area contributed by atoms with E-state index >= 15 is 0 Å². The predicted octanol–water partition coefficient (Wildman–Crippen LogP) is 8.88. The summed E-state index contributed by atoms with van der Waals surface area (Å²) >= 11 is 0. The summed E-state index contributed by atoms with van der Waals surface area (Å²) in [5.74, 6) is -1.11. The van der Waals surface area contributed by atoms with Crippen LogP contribution in [0.25, 0.3) is 0 Å². The van der Waals surface area contributed by atoms with Crippen LogP contribution in [0.1, 0.15) is 141 Å². The molecule has 0 fully saturated rings. The maximum Gasteiger partial charge on any atom is 0.326 e. The van der Waals surface area contributed by atoms with E-state index in [1.807, 2.05) is 0 Å². The number of carboxylic acids is 1. The number of rotatable bonds is 25. The number of phenolic OH excluding ortho intramolecular Hbond substituents is 1. The minimum atomic E-state index is -1.04. The summed E-state index contributed by atoms with van der Waals surface area (Å²) in [6.07, 6.45) is 29.5. The lowest BCUT2D eigenvalue weighted by molar-refractivity contribution is -0.141. The van der Waals surface area contributed by atoms with Gasteiger partial charge in [-0.1, -0.05) is 121 Å². The number of carbonyl (C=O) groups is 2. The molecule has 0 saturated carbocycles. The number of phenols is 1. The number of benzene rings is 1. The molecule has 38 heavy (non-hydrogen) atoms. The normalized spacial score (nSPS) is 12.1. The average Bonchev–Trinajstić information content (AvgIpc) is 2.90. The number of nitrogens with one attached hydrogen (secondary N) is 1. The summed E-state index contributed by atoms with van der Waals surface area (Å²) < 4.78 is 0. The van der Waals surface area contributed by atoms with E-state index in [1.54, 1.807) is 12.1 Å². The molecule has 0 aliphatic carbocycles. The van der Waals surface area contributed by atoms with Crippen molar-refractivity contribution >= 4 is 11.9 Å². The quantitative estimate of drug-likeness (QED) is 0.0872. The van der Waals surface area contributed by atoms with Crippen LogP contribution in [0.2, 0.25) is 0 Å². The molecule has 0 aromatic heterocycles. The van der Waals surface area contributed by atoms with Gasteiger partial charge in [-0.05, 0) is 49.8 Å². The number of allylic oxidation sites excluding steroid dienone is 2. The van der Waals surface area contributed by atoms with Crippen LogP contribution >= 0.6 is 0 Å². The Hall–Kier alpha value is -2.30. The molecular formula is C33H55NO4. The Morgan fingerprint density at radius 1 is 0.711 bits per heavy atom. The molecule has 1 rings (SSSR count). The summed E-state index contributed by atoms with van der Waals surface area (Å²) in [4.78, 5) is 23.7. The van der Waals surface area contributed by atoms with E-state index in [-0.39, 0.29) is 18.1 Å². The summed E-state index contributed by atoms with van der Waals surface area (Å²) in [5, 5.41) is 21.4. The van der Waals surface area contributed by atoms with Gasteiger partial charge in [0.2, 0.25) is 5.91 Å². The Morgan fingerprint density at radius 2 is 1.16 bits per heavy atom. The van der Waals surface area contributed by atoms with Crippen LogP contribution in [0.3, 0.4) is 0 Å². The van der Waals surface area contributed by atoms with Crippen molar-refractivity contribution < 1.29 is 19.8 Å². The Labute approximate surface area is 232 Å². The largest absolute Gasteiger partial charge is 0.508 e. The SMILES string of the molecule is CCCCCCCC/C=C/CCCCCCCCCCCCCC(=O)NC(Cc1ccc(O)cc1)C(=O)O. The zero-order valence-electron chi connectivity index (χ0n) is 24.1. The smallest absolute Gasteiger partial charge is 0.326 e. The van der Waals surface area contributed by atoms with Crippen molar-refractivity contribution in [2.24, 2.45) is 0 Å². The third-order valence-corrected chi connectivity index (χ3v) is 7.18. The third-order valence-electron chi connectivity index (χ3n) is 7.18. The van der Waals surface area contributed by atoms with Crippen LogP contribution in [0, 0.1) is 0 Å². The van der Waals surface area contributed by atoms with Crippen LogP contribution in [0.5, 0.6) is 5.75 Å². The van der Waals surface area contributed by atoms with Gasteiger partial charge in [-0.2, -0.15) is 0 Å². The summed E-state index contributed by atoms with van der Waals surface area (Å²) in [6.45, 7) is 2.27. The Morgan fingerprint density at radius 3 is 1.63 bits per heavy atom. The molecule has 0 aliphatic rings. The molecule has 1 unspecified atom stereocenters. The standard InChI is InChI=1S/C33H55NO4/c1-2-3-4-5-6-7-8-9-10-11-12-13-14-15-16-17-18-19-20-21-22-23-32(36)34-31(33(37)38)28-29-24-26-30(35)27-25-29/h9-10,24-27,31,35H,2-8,11-23,28H2,1H3,(H,34,36)(H,37,38)/b10-9+. The summed E-state index contributed by atoms with van der Waals surface area (Å²) in [7, 11) is 0. The molecule has 1 aromatic rings. The Balaban J connectivity index is 1.89.